The van der Waals surface area contributed by atoms with Gasteiger partial charge in [-0.15, -0.1) is 0 Å². The van der Waals surface area contributed by atoms with Crippen LogP contribution in [0.15, 0.2) is 23.8 Å². The zero-order chi connectivity index (χ0) is 13.7. The van der Waals surface area contributed by atoms with Gasteiger partial charge in [0.1, 0.15) is 0 Å². The van der Waals surface area contributed by atoms with Crippen LogP contribution in [-0.4, -0.2) is 34.4 Å². The quantitative estimate of drug-likeness (QED) is 0.421. The Morgan fingerprint density at radius 2 is 1.94 bits per heavy atom. The van der Waals surface area contributed by atoms with Crippen molar-refractivity contribution in [2.45, 2.75) is 6.42 Å². The molecule has 0 amide bonds. The first-order valence-corrected chi connectivity index (χ1v) is 4.96. The number of esters is 1. The van der Waals surface area contributed by atoms with E-state index in [0.29, 0.717) is 5.56 Å². The van der Waals surface area contributed by atoms with Crippen LogP contribution >= 0.6 is 0 Å². The van der Waals surface area contributed by atoms with E-state index in [9.17, 15) is 14.7 Å². The molecule has 0 fully saturated rings. The minimum absolute atomic E-state index is 0.174. The lowest BCUT2D eigenvalue weighted by Crippen LogP contribution is -2.08. The average molecular weight is 252 g/mol. The van der Waals surface area contributed by atoms with Gasteiger partial charge < -0.3 is 20.1 Å². The zero-order valence-corrected chi connectivity index (χ0v) is 9.58. The molecule has 0 bridgehead atoms. The SMILES string of the molecule is COC(=O)C/C(=C\c1ccc(O)c(O)c1)C(=O)O. The fraction of sp³-hybridized carbons (Fsp3) is 0.167. The van der Waals surface area contributed by atoms with Crippen molar-refractivity contribution in [2.24, 2.45) is 0 Å². The summed E-state index contributed by atoms with van der Waals surface area (Å²) in [6.45, 7) is 0. The normalized spacial score (nSPS) is 11.1. The number of benzene rings is 1. The van der Waals surface area contributed by atoms with E-state index < -0.39 is 11.9 Å². The number of rotatable bonds is 4. The van der Waals surface area contributed by atoms with Crippen LogP contribution in [0.5, 0.6) is 11.5 Å². The maximum atomic E-state index is 11.0. The molecule has 0 atom stereocenters. The van der Waals surface area contributed by atoms with E-state index in [-0.39, 0.29) is 23.5 Å². The third-order valence-electron chi connectivity index (χ3n) is 2.18. The Hall–Kier alpha value is -2.50. The Morgan fingerprint density at radius 1 is 1.28 bits per heavy atom. The molecule has 0 aliphatic rings. The molecular weight excluding hydrogens is 240 g/mol. The van der Waals surface area contributed by atoms with Crippen molar-refractivity contribution in [1.82, 2.24) is 0 Å². The van der Waals surface area contributed by atoms with E-state index in [1.165, 1.54) is 24.3 Å². The summed E-state index contributed by atoms with van der Waals surface area (Å²) in [7, 11) is 1.16. The van der Waals surface area contributed by atoms with E-state index in [2.05, 4.69) is 4.74 Å². The Labute approximate surface area is 103 Å². The lowest BCUT2D eigenvalue weighted by molar-refractivity contribution is -0.142. The van der Waals surface area contributed by atoms with E-state index in [1.54, 1.807) is 0 Å². The fourth-order valence-corrected chi connectivity index (χ4v) is 1.25. The molecule has 0 radical (unpaired) electrons. The third-order valence-corrected chi connectivity index (χ3v) is 2.18. The van der Waals surface area contributed by atoms with Crippen molar-refractivity contribution < 1.29 is 29.6 Å². The van der Waals surface area contributed by atoms with Crippen LogP contribution in [0.1, 0.15) is 12.0 Å². The smallest absolute Gasteiger partial charge is 0.332 e. The number of carbonyl (C=O) groups is 2. The van der Waals surface area contributed by atoms with Gasteiger partial charge in [-0.1, -0.05) is 6.07 Å². The number of phenols is 2. The molecule has 0 saturated carbocycles. The molecule has 6 heteroatoms. The molecule has 0 aromatic heterocycles. The van der Waals surface area contributed by atoms with Gasteiger partial charge >= 0.3 is 11.9 Å². The summed E-state index contributed by atoms with van der Waals surface area (Å²) in [4.78, 5) is 21.9. The molecule has 1 rings (SSSR count). The molecule has 0 unspecified atom stereocenters. The van der Waals surface area contributed by atoms with Crippen molar-refractivity contribution in [2.75, 3.05) is 7.11 Å². The Bertz CT molecular complexity index is 503. The summed E-state index contributed by atoms with van der Waals surface area (Å²) in [5.74, 6) is -2.61. The standard InChI is InChI=1S/C12H12O6/c1-18-11(15)6-8(12(16)17)4-7-2-3-9(13)10(14)5-7/h2-5,13-14H,6H2,1H3,(H,16,17)/b8-4+. The number of carboxylic acid groups (broad SMARTS) is 1. The number of hydrogen-bond donors (Lipinski definition) is 3. The van der Waals surface area contributed by atoms with Crippen LogP contribution < -0.4 is 0 Å². The molecule has 0 aliphatic heterocycles. The van der Waals surface area contributed by atoms with Crippen LogP contribution in [0.25, 0.3) is 6.08 Å². The summed E-state index contributed by atoms with van der Waals surface area (Å²) in [5.41, 5.74) is 0.179. The van der Waals surface area contributed by atoms with Crippen LogP contribution in [0, 0.1) is 0 Å². The average Bonchev–Trinajstić information content (AvgIpc) is 2.32. The van der Waals surface area contributed by atoms with Gasteiger partial charge in [-0.2, -0.15) is 0 Å². The largest absolute Gasteiger partial charge is 0.504 e. The van der Waals surface area contributed by atoms with Crippen molar-refractivity contribution in [3.05, 3.63) is 29.3 Å². The number of carboxylic acids is 1. The van der Waals surface area contributed by atoms with Crippen LogP contribution in [-0.2, 0) is 14.3 Å². The van der Waals surface area contributed by atoms with E-state index in [0.717, 1.165) is 7.11 Å². The number of methoxy groups -OCH3 is 1. The van der Waals surface area contributed by atoms with E-state index in [1.807, 2.05) is 0 Å². The van der Waals surface area contributed by atoms with E-state index >= 15 is 0 Å². The molecule has 96 valence electrons. The maximum absolute atomic E-state index is 11.0. The first kappa shape index (κ1) is 13.6. The second kappa shape index (κ2) is 5.72. The van der Waals surface area contributed by atoms with Gasteiger partial charge in [0.05, 0.1) is 13.5 Å². The highest BCUT2D eigenvalue weighted by Gasteiger charge is 2.13. The van der Waals surface area contributed by atoms with Crippen molar-refractivity contribution in [3.8, 4) is 11.5 Å². The first-order chi connectivity index (χ1) is 8.43. The number of carbonyl (C=O) groups excluding carboxylic acids is 1. The molecule has 1 aromatic carbocycles. The molecule has 0 spiro atoms. The van der Waals surface area contributed by atoms with Gasteiger partial charge in [0.15, 0.2) is 11.5 Å². The van der Waals surface area contributed by atoms with Crippen LogP contribution in [0.3, 0.4) is 0 Å². The predicted molar refractivity (Wildman–Crippen MR) is 62.0 cm³/mol. The zero-order valence-electron chi connectivity index (χ0n) is 9.58. The minimum atomic E-state index is -1.26. The Morgan fingerprint density at radius 3 is 2.44 bits per heavy atom. The predicted octanol–water partition coefficient (Wildman–Crippen LogP) is 1.13. The monoisotopic (exact) mass is 252 g/mol. The molecule has 0 heterocycles. The van der Waals surface area contributed by atoms with Gasteiger partial charge in [-0.05, 0) is 23.8 Å². The van der Waals surface area contributed by atoms with Crippen molar-refractivity contribution in [1.29, 1.82) is 0 Å². The number of hydrogen-bond acceptors (Lipinski definition) is 5. The highest BCUT2D eigenvalue weighted by molar-refractivity contribution is 5.97. The number of ether oxygens (including phenoxy) is 1. The summed E-state index contributed by atoms with van der Waals surface area (Å²) < 4.78 is 4.38. The van der Waals surface area contributed by atoms with Gasteiger partial charge in [0, 0.05) is 5.57 Å². The molecule has 1 aromatic rings. The highest BCUT2D eigenvalue weighted by Crippen LogP contribution is 2.26. The Balaban J connectivity index is 3.04. The van der Waals surface area contributed by atoms with Crippen molar-refractivity contribution in [3.63, 3.8) is 0 Å². The third kappa shape index (κ3) is 3.51. The maximum Gasteiger partial charge on any atom is 0.332 e. The Kier molecular flexibility index (Phi) is 4.31. The second-order valence-corrected chi connectivity index (χ2v) is 3.48. The number of phenolic OH excluding ortho intramolecular Hbond substituents is 2. The van der Waals surface area contributed by atoms with Crippen LogP contribution in [0.4, 0.5) is 0 Å². The van der Waals surface area contributed by atoms with Gasteiger partial charge in [-0.3, -0.25) is 4.79 Å². The fourth-order valence-electron chi connectivity index (χ4n) is 1.25. The van der Waals surface area contributed by atoms with Crippen LogP contribution in [0.2, 0.25) is 0 Å². The minimum Gasteiger partial charge on any atom is -0.504 e. The van der Waals surface area contributed by atoms with Gasteiger partial charge in [0.2, 0.25) is 0 Å². The number of aliphatic carboxylic acids is 1. The highest BCUT2D eigenvalue weighted by atomic mass is 16.5. The number of aromatic hydroxyl groups is 2. The lowest BCUT2D eigenvalue weighted by atomic mass is 10.1. The molecule has 18 heavy (non-hydrogen) atoms. The summed E-state index contributed by atoms with van der Waals surface area (Å²) in [6, 6.07) is 3.82. The lowest BCUT2D eigenvalue weighted by Gasteiger charge is -2.03. The molecule has 0 saturated heterocycles. The molecular formula is C12H12O6. The van der Waals surface area contributed by atoms with Gasteiger partial charge in [0.25, 0.3) is 0 Å². The summed E-state index contributed by atoms with van der Waals surface area (Å²) in [5, 5.41) is 27.3. The van der Waals surface area contributed by atoms with E-state index in [4.69, 9.17) is 10.2 Å². The second-order valence-electron chi connectivity index (χ2n) is 3.48. The molecule has 3 N–H and O–H groups in total. The summed E-state index contributed by atoms with van der Waals surface area (Å²) in [6.07, 6.45) is 0.839. The van der Waals surface area contributed by atoms with Crippen molar-refractivity contribution >= 4 is 18.0 Å². The molecule has 6 nitrogen and oxygen atoms in total. The first-order valence-electron chi connectivity index (χ1n) is 4.96. The topological polar surface area (TPSA) is 104 Å². The molecule has 0 aliphatic carbocycles. The van der Waals surface area contributed by atoms with Gasteiger partial charge in [-0.25, -0.2) is 4.79 Å². The summed E-state index contributed by atoms with van der Waals surface area (Å²) >= 11 is 0.